The Labute approximate surface area is 125 Å². The molecular weight excluding hydrogens is 262 g/mol. The van der Waals surface area contributed by atoms with Gasteiger partial charge < -0.3 is 15.2 Å². The minimum absolute atomic E-state index is 0.0217. The van der Waals surface area contributed by atoms with Crippen LogP contribution in [0.25, 0.3) is 10.9 Å². The summed E-state index contributed by atoms with van der Waals surface area (Å²) in [6, 6.07) is 7.75. The third kappa shape index (κ3) is 3.27. The molecule has 4 heteroatoms. The smallest absolute Gasteiger partial charge is 0.251 e. The van der Waals surface area contributed by atoms with Gasteiger partial charge in [-0.15, -0.1) is 0 Å². The monoisotopic (exact) mass is 285 g/mol. The van der Waals surface area contributed by atoms with Crippen molar-refractivity contribution >= 4 is 16.8 Å². The second kappa shape index (κ2) is 6.31. The van der Waals surface area contributed by atoms with Crippen molar-refractivity contribution in [2.45, 2.75) is 19.8 Å². The van der Waals surface area contributed by atoms with Crippen LogP contribution in [-0.4, -0.2) is 42.0 Å². The van der Waals surface area contributed by atoms with Crippen molar-refractivity contribution in [1.29, 1.82) is 0 Å². The summed E-state index contributed by atoms with van der Waals surface area (Å²) in [5, 5.41) is 4.06. The number of likely N-dealkylation sites (tertiary alicyclic amines) is 1. The van der Waals surface area contributed by atoms with Crippen molar-refractivity contribution in [1.82, 2.24) is 15.2 Å². The number of nitrogens with one attached hydrogen (secondary N) is 2. The van der Waals surface area contributed by atoms with E-state index in [1.165, 1.54) is 25.9 Å². The van der Waals surface area contributed by atoms with E-state index in [1.54, 1.807) is 0 Å². The molecule has 3 rings (SSSR count). The molecule has 1 fully saturated rings. The van der Waals surface area contributed by atoms with Crippen molar-refractivity contribution in [3.8, 4) is 0 Å². The number of benzene rings is 1. The van der Waals surface area contributed by atoms with Crippen LogP contribution in [-0.2, 0) is 0 Å². The van der Waals surface area contributed by atoms with E-state index in [0.29, 0.717) is 5.92 Å². The molecule has 4 nitrogen and oxygen atoms in total. The van der Waals surface area contributed by atoms with E-state index in [-0.39, 0.29) is 5.91 Å². The van der Waals surface area contributed by atoms with E-state index in [2.05, 4.69) is 22.1 Å². The number of carbonyl (C=O) groups is 1. The minimum atomic E-state index is 0.0217. The molecule has 0 saturated carbocycles. The third-order valence-corrected chi connectivity index (χ3v) is 4.22. The maximum absolute atomic E-state index is 12.4. The average molecular weight is 285 g/mol. The number of nitrogens with zero attached hydrogens (tertiary/aromatic N) is 1. The highest BCUT2D eigenvalue weighted by atomic mass is 16.1. The molecular formula is C17H23N3O. The molecule has 0 radical (unpaired) electrons. The molecule has 0 spiro atoms. The molecule has 2 heterocycles. The maximum atomic E-state index is 12.4. The summed E-state index contributed by atoms with van der Waals surface area (Å²) >= 11 is 0. The van der Waals surface area contributed by atoms with Crippen molar-refractivity contribution in [3.05, 3.63) is 36.0 Å². The SMILES string of the molecule is CC(CNC(=O)c1cccc2[nH]ccc12)CN1CCCC1. The molecule has 2 aromatic rings. The lowest BCUT2D eigenvalue weighted by Crippen LogP contribution is -2.34. The van der Waals surface area contributed by atoms with Crippen LogP contribution in [0.3, 0.4) is 0 Å². The minimum Gasteiger partial charge on any atom is -0.361 e. The van der Waals surface area contributed by atoms with Crippen molar-refractivity contribution in [3.63, 3.8) is 0 Å². The summed E-state index contributed by atoms with van der Waals surface area (Å²) < 4.78 is 0. The first-order valence-electron chi connectivity index (χ1n) is 7.80. The number of hydrogen-bond acceptors (Lipinski definition) is 2. The van der Waals surface area contributed by atoms with Crippen LogP contribution in [0.1, 0.15) is 30.1 Å². The van der Waals surface area contributed by atoms with Gasteiger partial charge in [0, 0.05) is 35.8 Å². The topological polar surface area (TPSA) is 48.1 Å². The second-order valence-electron chi connectivity index (χ2n) is 6.07. The summed E-state index contributed by atoms with van der Waals surface area (Å²) in [6.07, 6.45) is 4.50. The lowest BCUT2D eigenvalue weighted by molar-refractivity contribution is 0.0947. The lowest BCUT2D eigenvalue weighted by atomic mass is 10.1. The molecule has 1 amide bonds. The summed E-state index contributed by atoms with van der Waals surface area (Å²) in [7, 11) is 0. The van der Waals surface area contributed by atoms with Gasteiger partial charge in [-0.1, -0.05) is 13.0 Å². The number of hydrogen-bond donors (Lipinski definition) is 2. The molecule has 1 aliphatic heterocycles. The number of amides is 1. The Bertz CT molecular complexity index is 613. The van der Waals surface area contributed by atoms with Crippen LogP contribution < -0.4 is 5.32 Å². The Kier molecular flexibility index (Phi) is 4.25. The Morgan fingerprint density at radius 3 is 2.95 bits per heavy atom. The van der Waals surface area contributed by atoms with Gasteiger partial charge in [0.1, 0.15) is 0 Å². The molecule has 1 aromatic carbocycles. The van der Waals surface area contributed by atoms with Crippen LogP contribution >= 0.6 is 0 Å². The van der Waals surface area contributed by atoms with E-state index in [9.17, 15) is 4.79 Å². The van der Waals surface area contributed by atoms with Gasteiger partial charge in [0.15, 0.2) is 0 Å². The van der Waals surface area contributed by atoms with Crippen LogP contribution in [0, 0.1) is 5.92 Å². The van der Waals surface area contributed by atoms with Crippen LogP contribution in [0.15, 0.2) is 30.5 Å². The summed E-state index contributed by atoms with van der Waals surface area (Å²) in [4.78, 5) is 18.0. The zero-order valence-electron chi connectivity index (χ0n) is 12.6. The van der Waals surface area contributed by atoms with Gasteiger partial charge in [-0.2, -0.15) is 0 Å². The molecule has 1 atom stereocenters. The summed E-state index contributed by atoms with van der Waals surface area (Å²) in [5.41, 5.74) is 1.76. The van der Waals surface area contributed by atoms with Crippen LogP contribution in [0.4, 0.5) is 0 Å². The number of aromatic amines is 1. The molecule has 1 aliphatic rings. The average Bonchev–Trinajstić information content (AvgIpc) is 3.14. The fourth-order valence-corrected chi connectivity index (χ4v) is 3.12. The molecule has 0 bridgehead atoms. The summed E-state index contributed by atoms with van der Waals surface area (Å²) in [5.74, 6) is 0.506. The normalized spacial score (nSPS) is 17.2. The van der Waals surface area contributed by atoms with Gasteiger partial charge in [-0.05, 0) is 50.0 Å². The van der Waals surface area contributed by atoms with Gasteiger partial charge in [0.2, 0.25) is 0 Å². The first-order chi connectivity index (χ1) is 10.2. The zero-order chi connectivity index (χ0) is 14.7. The molecule has 1 unspecified atom stereocenters. The van der Waals surface area contributed by atoms with Gasteiger partial charge in [-0.3, -0.25) is 4.79 Å². The van der Waals surface area contributed by atoms with Crippen molar-refractivity contribution in [2.24, 2.45) is 5.92 Å². The molecule has 1 saturated heterocycles. The predicted molar refractivity (Wildman–Crippen MR) is 85.5 cm³/mol. The van der Waals surface area contributed by atoms with E-state index < -0.39 is 0 Å². The van der Waals surface area contributed by atoms with E-state index in [0.717, 1.165) is 29.6 Å². The first kappa shape index (κ1) is 14.1. The van der Waals surface area contributed by atoms with E-state index in [4.69, 9.17) is 0 Å². The van der Waals surface area contributed by atoms with Gasteiger partial charge in [-0.25, -0.2) is 0 Å². The number of aromatic nitrogens is 1. The van der Waals surface area contributed by atoms with Gasteiger partial charge in [0.05, 0.1) is 0 Å². The van der Waals surface area contributed by atoms with E-state index >= 15 is 0 Å². The fourth-order valence-electron chi connectivity index (χ4n) is 3.12. The van der Waals surface area contributed by atoms with Gasteiger partial charge in [0.25, 0.3) is 5.91 Å². The van der Waals surface area contributed by atoms with Crippen LogP contribution in [0.5, 0.6) is 0 Å². The highest BCUT2D eigenvalue weighted by Gasteiger charge is 2.16. The third-order valence-electron chi connectivity index (χ3n) is 4.22. The standard InChI is InChI=1S/C17H23N3O/c1-13(12-20-9-2-3-10-20)11-19-17(21)15-5-4-6-16-14(15)7-8-18-16/h4-8,13,18H,2-3,9-12H2,1H3,(H,19,21). The first-order valence-corrected chi connectivity index (χ1v) is 7.80. The quantitative estimate of drug-likeness (QED) is 0.887. The zero-order valence-corrected chi connectivity index (χ0v) is 12.6. The number of fused-ring (bicyclic) bond motifs is 1. The van der Waals surface area contributed by atoms with Gasteiger partial charge >= 0.3 is 0 Å². The Hall–Kier alpha value is -1.81. The lowest BCUT2D eigenvalue weighted by Gasteiger charge is -2.20. The van der Waals surface area contributed by atoms with Crippen molar-refractivity contribution < 1.29 is 4.79 Å². The second-order valence-corrected chi connectivity index (χ2v) is 6.07. The summed E-state index contributed by atoms with van der Waals surface area (Å²) in [6.45, 7) is 6.43. The van der Waals surface area contributed by atoms with E-state index in [1.807, 2.05) is 30.5 Å². The predicted octanol–water partition coefficient (Wildman–Crippen LogP) is 2.63. The molecule has 1 aromatic heterocycles. The Balaban J connectivity index is 1.57. The van der Waals surface area contributed by atoms with Crippen LogP contribution in [0.2, 0.25) is 0 Å². The number of carbonyl (C=O) groups excluding carboxylic acids is 1. The molecule has 112 valence electrons. The number of H-pyrrole nitrogens is 1. The van der Waals surface area contributed by atoms with Crippen molar-refractivity contribution in [2.75, 3.05) is 26.2 Å². The molecule has 0 aliphatic carbocycles. The fraction of sp³-hybridized carbons (Fsp3) is 0.471. The Morgan fingerprint density at radius 2 is 2.14 bits per heavy atom. The maximum Gasteiger partial charge on any atom is 0.251 e. The Morgan fingerprint density at radius 1 is 1.33 bits per heavy atom. The highest BCUT2D eigenvalue weighted by Crippen LogP contribution is 2.17. The largest absolute Gasteiger partial charge is 0.361 e. The molecule has 21 heavy (non-hydrogen) atoms. The molecule has 2 N–H and O–H groups in total. The highest BCUT2D eigenvalue weighted by molar-refractivity contribution is 6.06. The number of rotatable bonds is 5.